The van der Waals surface area contributed by atoms with Gasteiger partial charge in [0.25, 0.3) is 0 Å². The first kappa shape index (κ1) is 37.1. The van der Waals surface area contributed by atoms with Crippen LogP contribution in [0.3, 0.4) is 0 Å². The molecule has 50 heavy (non-hydrogen) atoms. The van der Waals surface area contributed by atoms with Gasteiger partial charge in [-0.1, -0.05) is 73.7 Å². The number of esters is 3. The highest BCUT2D eigenvalue weighted by Gasteiger charge is 2.79. The molecule has 5 rings (SSSR count). The lowest BCUT2D eigenvalue weighted by Gasteiger charge is -2.52. The van der Waals surface area contributed by atoms with Gasteiger partial charge >= 0.3 is 17.9 Å². The van der Waals surface area contributed by atoms with Crippen LogP contribution >= 0.6 is 0 Å². The molecule has 2 bridgehead atoms. The maximum atomic E-state index is 13.6. The van der Waals surface area contributed by atoms with Gasteiger partial charge in [0.15, 0.2) is 23.4 Å². The normalized spacial score (nSPS) is 28.3. The summed E-state index contributed by atoms with van der Waals surface area (Å²) in [5, 5.41) is 43.9. The summed E-state index contributed by atoms with van der Waals surface area (Å²) in [6.45, 7) is 0.340. The van der Waals surface area contributed by atoms with Gasteiger partial charge in [-0.05, 0) is 55.0 Å². The summed E-state index contributed by atoms with van der Waals surface area (Å²) in [5.74, 6) is -4.31. The summed E-state index contributed by atoms with van der Waals surface area (Å²) in [6, 6.07) is 25.7. The van der Waals surface area contributed by atoms with Crippen LogP contribution < -0.4 is 0 Å². The minimum absolute atomic E-state index is 0.0886. The third-order valence-corrected chi connectivity index (χ3v) is 9.63. The Labute approximate surface area is 290 Å². The summed E-state index contributed by atoms with van der Waals surface area (Å²) in [7, 11) is 0. The molecule has 268 valence electrons. The Morgan fingerprint density at radius 1 is 0.800 bits per heavy atom. The standard InChI is InChI=1S/C38H44O12/c1-25(21-27-13-6-3-7-14-27)30(46-26(2)42)19-12-20-38-33(48-35(44)29-17-10-5-11-18-29)32(47-34(43)28-15-8-4-9-16-28)37(24-41,50-38)36(45,23-40)31(22-39)49-38/h3-11,13-18,25,30-33,39-41,45H,12,19-24H2,1-2H3/t25-,30-,31-,32-,33-,36+,37-,38+/m1/s1. The molecule has 12 nitrogen and oxygen atoms in total. The van der Waals surface area contributed by atoms with Crippen LogP contribution in [0.15, 0.2) is 91.0 Å². The maximum Gasteiger partial charge on any atom is 0.338 e. The highest BCUT2D eigenvalue weighted by molar-refractivity contribution is 5.90. The molecule has 0 spiro atoms. The van der Waals surface area contributed by atoms with Crippen LogP contribution in [0.5, 0.6) is 0 Å². The zero-order valence-electron chi connectivity index (χ0n) is 28.1. The Bertz CT molecular complexity index is 1590. The SMILES string of the molecule is CC(=O)O[C@H](CCC[C@]12O[C@H](CO)[C@@](O)(CO)[C@](CO)(O1)[C@H](OC(=O)c1ccccc1)[C@H]2OC(=O)c1ccccc1)[C@H](C)Cc1ccccc1. The van der Waals surface area contributed by atoms with E-state index in [1.165, 1.54) is 31.2 Å². The number of ether oxygens (including phenoxy) is 5. The molecular weight excluding hydrogens is 648 g/mol. The molecule has 3 aromatic rings. The van der Waals surface area contributed by atoms with E-state index in [1.807, 2.05) is 37.3 Å². The van der Waals surface area contributed by atoms with E-state index in [0.717, 1.165) is 5.56 Å². The Kier molecular flexibility index (Phi) is 11.7. The predicted molar refractivity (Wildman–Crippen MR) is 178 cm³/mol. The first-order valence-electron chi connectivity index (χ1n) is 16.7. The Balaban J connectivity index is 1.52. The third kappa shape index (κ3) is 7.32. The van der Waals surface area contributed by atoms with Gasteiger partial charge in [0.05, 0.1) is 30.9 Å². The number of carbonyl (C=O) groups excluding carboxylic acids is 3. The monoisotopic (exact) mass is 692 g/mol. The highest BCUT2D eigenvalue weighted by Crippen LogP contribution is 2.56. The fourth-order valence-corrected chi connectivity index (χ4v) is 7.03. The van der Waals surface area contributed by atoms with Crippen LogP contribution in [-0.4, -0.2) is 99.6 Å². The second-order valence-electron chi connectivity index (χ2n) is 12.9. The lowest BCUT2D eigenvalue weighted by Crippen LogP contribution is -2.74. The largest absolute Gasteiger partial charge is 0.462 e. The number of carbonyl (C=O) groups is 3. The molecule has 8 atom stereocenters. The summed E-state index contributed by atoms with van der Waals surface area (Å²) in [5.41, 5.74) is -3.53. The van der Waals surface area contributed by atoms with Gasteiger partial charge < -0.3 is 44.1 Å². The topological polar surface area (TPSA) is 178 Å². The van der Waals surface area contributed by atoms with Crippen molar-refractivity contribution in [2.75, 3.05) is 19.8 Å². The second-order valence-corrected chi connectivity index (χ2v) is 12.9. The zero-order valence-corrected chi connectivity index (χ0v) is 28.1. The smallest absolute Gasteiger partial charge is 0.338 e. The van der Waals surface area contributed by atoms with Gasteiger partial charge in [-0.25, -0.2) is 9.59 Å². The van der Waals surface area contributed by atoms with E-state index in [0.29, 0.717) is 12.8 Å². The van der Waals surface area contributed by atoms with Crippen molar-refractivity contribution in [3.63, 3.8) is 0 Å². The van der Waals surface area contributed by atoms with E-state index in [-0.39, 0.29) is 29.9 Å². The molecule has 2 fully saturated rings. The van der Waals surface area contributed by atoms with Crippen LogP contribution in [0, 0.1) is 5.92 Å². The number of hydrogen-bond acceptors (Lipinski definition) is 12. The molecule has 0 radical (unpaired) electrons. The Hall–Kier alpha value is -4.17. The van der Waals surface area contributed by atoms with E-state index in [2.05, 4.69) is 0 Å². The van der Waals surface area contributed by atoms with E-state index < -0.39 is 79.1 Å². The van der Waals surface area contributed by atoms with Gasteiger partial charge in [0, 0.05) is 13.3 Å². The molecule has 0 aliphatic carbocycles. The number of aliphatic hydroxyl groups is 4. The predicted octanol–water partition coefficient (Wildman–Crippen LogP) is 2.99. The molecule has 0 unspecified atom stereocenters. The van der Waals surface area contributed by atoms with Crippen molar-refractivity contribution in [3.8, 4) is 0 Å². The molecule has 2 saturated heterocycles. The average Bonchev–Trinajstić information content (AvgIpc) is 3.36. The number of hydrogen-bond donors (Lipinski definition) is 4. The molecule has 2 heterocycles. The zero-order chi connectivity index (χ0) is 35.9. The summed E-state index contributed by atoms with van der Waals surface area (Å²) in [4.78, 5) is 39.3. The number of benzene rings is 3. The van der Waals surface area contributed by atoms with E-state index in [4.69, 9.17) is 23.7 Å². The second kappa shape index (κ2) is 15.8. The van der Waals surface area contributed by atoms with Crippen molar-refractivity contribution in [1.82, 2.24) is 0 Å². The van der Waals surface area contributed by atoms with Crippen LogP contribution in [-0.2, 0) is 34.9 Å². The lowest BCUT2D eigenvalue weighted by molar-refractivity contribution is -0.404. The van der Waals surface area contributed by atoms with Gasteiger partial charge in [-0.3, -0.25) is 4.79 Å². The molecule has 0 aromatic heterocycles. The van der Waals surface area contributed by atoms with E-state index in [1.54, 1.807) is 36.4 Å². The quantitative estimate of drug-likeness (QED) is 0.135. The molecular formula is C38H44O12. The van der Waals surface area contributed by atoms with Crippen LogP contribution in [0.2, 0.25) is 0 Å². The first-order chi connectivity index (χ1) is 24.0. The fourth-order valence-electron chi connectivity index (χ4n) is 7.03. The van der Waals surface area contributed by atoms with Crippen LogP contribution in [0.1, 0.15) is 59.4 Å². The molecule has 12 heteroatoms. The van der Waals surface area contributed by atoms with Gasteiger partial charge in [0.2, 0.25) is 5.79 Å². The lowest BCUT2D eigenvalue weighted by atomic mass is 9.75. The number of fused-ring (bicyclic) bond motifs is 2. The van der Waals surface area contributed by atoms with Crippen molar-refractivity contribution in [2.45, 2.75) is 80.9 Å². The molecule has 4 N–H and O–H groups in total. The molecule has 3 aromatic carbocycles. The molecule has 0 amide bonds. The fraction of sp³-hybridized carbons (Fsp3) is 0.447. The average molecular weight is 693 g/mol. The first-order valence-corrected chi connectivity index (χ1v) is 16.7. The molecule has 2 aliphatic heterocycles. The molecule has 2 aliphatic rings. The molecule has 0 saturated carbocycles. The third-order valence-electron chi connectivity index (χ3n) is 9.63. The van der Waals surface area contributed by atoms with Gasteiger partial charge in [0.1, 0.15) is 12.2 Å². The minimum Gasteiger partial charge on any atom is -0.462 e. The Morgan fingerprint density at radius 3 is 1.84 bits per heavy atom. The van der Waals surface area contributed by atoms with Crippen molar-refractivity contribution in [2.24, 2.45) is 5.92 Å². The van der Waals surface area contributed by atoms with Crippen LogP contribution in [0.25, 0.3) is 0 Å². The maximum absolute atomic E-state index is 13.6. The van der Waals surface area contributed by atoms with Gasteiger partial charge in [-0.2, -0.15) is 0 Å². The van der Waals surface area contributed by atoms with Crippen molar-refractivity contribution < 1.29 is 58.5 Å². The highest BCUT2D eigenvalue weighted by atomic mass is 16.8. The van der Waals surface area contributed by atoms with Crippen molar-refractivity contribution >= 4 is 17.9 Å². The van der Waals surface area contributed by atoms with Gasteiger partial charge in [-0.15, -0.1) is 0 Å². The van der Waals surface area contributed by atoms with E-state index in [9.17, 15) is 34.8 Å². The minimum atomic E-state index is -2.53. The summed E-state index contributed by atoms with van der Waals surface area (Å²) >= 11 is 0. The summed E-state index contributed by atoms with van der Waals surface area (Å²) < 4.78 is 30.4. The Morgan fingerprint density at radius 2 is 1.34 bits per heavy atom. The van der Waals surface area contributed by atoms with Crippen molar-refractivity contribution in [3.05, 3.63) is 108 Å². The number of rotatable bonds is 15. The number of aliphatic hydroxyl groups excluding tert-OH is 3. The van der Waals surface area contributed by atoms with Crippen molar-refractivity contribution in [1.29, 1.82) is 0 Å². The van der Waals surface area contributed by atoms with E-state index >= 15 is 0 Å². The summed E-state index contributed by atoms with van der Waals surface area (Å²) in [6.07, 6.45) is -4.40. The van der Waals surface area contributed by atoms with Crippen LogP contribution in [0.4, 0.5) is 0 Å².